The first-order chi connectivity index (χ1) is 15.5. The van der Waals surface area contributed by atoms with Crippen LogP contribution in [0, 0.1) is 0 Å². The van der Waals surface area contributed by atoms with E-state index in [1.165, 1.54) is 0 Å². The van der Waals surface area contributed by atoms with Crippen LogP contribution >= 0.6 is 12.4 Å². The Kier molecular flexibility index (Phi) is 5.95. The van der Waals surface area contributed by atoms with Gasteiger partial charge in [0, 0.05) is 49.4 Å². The van der Waals surface area contributed by atoms with Gasteiger partial charge in [-0.2, -0.15) is 0 Å². The van der Waals surface area contributed by atoms with Gasteiger partial charge < -0.3 is 14.8 Å². The number of rotatable bonds is 4. The van der Waals surface area contributed by atoms with Crippen LogP contribution < -0.4 is 10.6 Å². The highest BCUT2D eigenvalue weighted by Crippen LogP contribution is 2.35. The molecule has 0 saturated carbocycles. The number of amides is 3. The number of anilines is 1. The number of imide groups is 1. The molecule has 9 heteroatoms. The standard InChI is InChI=1S/C24H23N5O3.ClH/c1-25-17-5-3-4-15(11-17)22-21(26-13-28(22)2)14-6-7-18-16(10-14)12-29(24(18)32)19-8-9-20(30)27-23(19)31;/h3-7,10-11,13,19,25H,8-9,12H2,1-2H3,(H,27,30,31);1H. The lowest BCUT2D eigenvalue weighted by molar-refractivity contribution is -0.136. The van der Waals surface area contributed by atoms with E-state index in [-0.39, 0.29) is 30.6 Å². The third kappa shape index (κ3) is 3.87. The summed E-state index contributed by atoms with van der Waals surface area (Å²) in [7, 11) is 3.84. The molecule has 1 saturated heterocycles. The summed E-state index contributed by atoms with van der Waals surface area (Å²) in [6.07, 6.45) is 2.37. The van der Waals surface area contributed by atoms with Crippen molar-refractivity contribution in [3.63, 3.8) is 0 Å². The normalized spacial score (nSPS) is 17.5. The van der Waals surface area contributed by atoms with Gasteiger partial charge in [-0.1, -0.05) is 18.2 Å². The number of aromatic nitrogens is 2. The molecule has 2 aliphatic heterocycles. The van der Waals surface area contributed by atoms with Crippen molar-refractivity contribution in [1.82, 2.24) is 19.8 Å². The minimum absolute atomic E-state index is 0. The monoisotopic (exact) mass is 465 g/mol. The fraction of sp³-hybridized carbons (Fsp3) is 0.250. The van der Waals surface area contributed by atoms with Crippen molar-refractivity contribution < 1.29 is 14.4 Å². The van der Waals surface area contributed by atoms with E-state index < -0.39 is 11.9 Å². The molecule has 0 spiro atoms. The number of piperidine rings is 1. The summed E-state index contributed by atoms with van der Waals surface area (Å²) >= 11 is 0. The fourth-order valence-corrected chi connectivity index (χ4v) is 4.53. The molecule has 3 heterocycles. The lowest BCUT2D eigenvalue weighted by Crippen LogP contribution is -2.52. The summed E-state index contributed by atoms with van der Waals surface area (Å²) in [6.45, 7) is 0.339. The van der Waals surface area contributed by atoms with Crippen LogP contribution in [0.3, 0.4) is 0 Å². The summed E-state index contributed by atoms with van der Waals surface area (Å²) in [5, 5.41) is 5.50. The predicted molar refractivity (Wildman–Crippen MR) is 127 cm³/mol. The number of nitrogens with zero attached hydrogens (tertiary/aromatic N) is 3. The number of benzene rings is 2. The molecule has 1 aromatic heterocycles. The number of halogens is 1. The predicted octanol–water partition coefficient (Wildman–Crippen LogP) is 2.98. The molecule has 2 aromatic carbocycles. The molecule has 5 rings (SSSR count). The van der Waals surface area contributed by atoms with Crippen LogP contribution in [0.25, 0.3) is 22.5 Å². The zero-order valence-corrected chi connectivity index (χ0v) is 19.1. The molecule has 1 unspecified atom stereocenters. The number of hydrogen-bond donors (Lipinski definition) is 2. The van der Waals surface area contributed by atoms with E-state index >= 15 is 0 Å². The highest BCUT2D eigenvalue weighted by Gasteiger charge is 2.39. The van der Waals surface area contributed by atoms with E-state index in [0.717, 1.165) is 33.8 Å². The van der Waals surface area contributed by atoms with Crippen LogP contribution in [0.15, 0.2) is 48.8 Å². The van der Waals surface area contributed by atoms with E-state index in [1.54, 1.807) is 17.3 Å². The van der Waals surface area contributed by atoms with E-state index in [1.807, 2.05) is 49.0 Å². The van der Waals surface area contributed by atoms with Gasteiger partial charge in [-0.25, -0.2) is 4.98 Å². The first-order valence-electron chi connectivity index (χ1n) is 10.5. The van der Waals surface area contributed by atoms with Crippen molar-refractivity contribution in [2.24, 2.45) is 7.05 Å². The first-order valence-corrected chi connectivity index (χ1v) is 10.5. The summed E-state index contributed by atoms with van der Waals surface area (Å²) < 4.78 is 1.98. The molecule has 0 aliphatic carbocycles. The van der Waals surface area contributed by atoms with Crippen molar-refractivity contribution in [3.05, 3.63) is 59.9 Å². The number of carbonyl (C=O) groups is 3. The summed E-state index contributed by atoms with van der Waals surface area (Å²) in [5.41, 5.74) is 6.21. The molecule has 1 atom stereocenters. The minimum atomic E-state index is -0.620. The Balaban J connectivity index is 0.00000259. The van der Waals surface area contributed by atoms with Gasteiger partial charge in [0.25, 0.3) is 5.91 Å². The maximum atomic E-state index is 13.0. The Morgan fingerprint density at radius 2 is 1.91 bits per heavy atom. The zero-order chi connectivity index (χ0) is 22.4. The van der Waals surface area contributed by atoms with Crippen LogP contribution in [-0.2, 0) is 23.2 Å². The Morgan fingerprint density at radius 1 is 1.09 bits per heavy atom. The van der Waals surface area contributed by atoms with Gasteiger partial charge in [0.1, 0.15) is 6.04 Å². The molecule has 3 amide bonds. The second-order valence-corrected chi connectivity index (χ2v) is 8.16. The van der Waals surface area contributed by atoms with Crippen molar-refractivity contribution in [3.8, 4) is 22.5 Å². The first kappa shape index (κ1) is 22.5. The number of fused-ring (bicyclic) bond motifs is 1. The van der Waals surface area contributed by atoms with Crippen molar-refractivity contribution in [2.75, 3.05) is 12.4 Å². The second kappa shape index (κ2) is 8.71. The topological polar surface area (TPSA) is 96.3 Å². The number of hydrogen-bond acceptors (Lipinski definition) is 5. The smallest absolute Gasteiger partial charge is 0.255 e. The van der Waals surface area contributed by atoms with Gasteiger partial charge in [0.15, 0.2) is 0 Å². The van der Waals surface area contributed by atoms with E-state index in [4.69, 9.17) is 0 Å². The molecule has 0 radical (unpaired) electrons. The number of carbonyl (C=O) groups excluding carboxylic acids is 3. The second-order valence-electron chi connectivity index (χ2n) is 8.16. The molecular formula is C24H24ClN5O3. The number of nitrogens with one attached hydrogen (secondary N) is 2. The zero-order valence-electron chi connectivity index (χ0n) is 18.3. The van der Waals surface area contributed by atoms with Gasteiger partial charge >= 0.3 is 0 Å². The molecule has 3 aromatic rings. The number of imidazole rings is 1. The highest BCUT2D eigenvalue weighted by atomic mass is 35.5. The average molecular weight is 466 g/mol. The molecule has 1 fully saturated rings. The summed E-state index contributed by atoms with van der Waals surface area (Å²) in [6, 6.07) is 13.2. The van der Waals surface area contributed by atoms with Crippen LogP contribution in [0.5, 0.6) is 0 Å². The van der Waals surface area contributed by atoms with E-state index in [2.05, 4.69) is 21.7 Å². The SMILES string of the molecule is CNc1cccc(-c2c(-c3ccc4c(c3)CN(C3CCC(=O)NC3=O)C4=O)ncn2C)c1.Cl. The fourth-order valence-electron chi connectivity index (χ4n) is 4.53. The molecule has 2 aliphatic rings. The van der Waals surface area contributed by atoms with Crippen molar-refractivity contribution in [2.45, 2.75) is 25.4 Å². The summed E-state index contributed by atoms with van der Waals surface area (Å²) in [5.74, 6) is -0.870. The minimum Gasteiger partial charge on any atom is -0.388 e. The largest absolute Gasteiger partial charge is 0.388 e. The lowest BCUT2D eigenvalue weighted by atomic mass is 10.0. The summed E-state index contributed by atoms with van der Waals surface area (Å²) in [4.78, 5) is 42.9. The van der Waals surface area contributed by atoms with Crippen molar-refractivity contribution >= 4 is 35.8 Å². The maximum absolute atomic E-state index is 13.0. The van der Waals surface area contributed by atoms with E-state index in [9.17, 15) is 14.4 Å². The van der Waals surface area contributed by atoms with Gasteiger partial charge in [0.05, 0.1) is 17.7 Å². The molecule has 0 bridgehead atoms. The van der Waals surface area contributed by atoms with Gasteiger partial charge in [-0.15, -0.1) is 12.4 Å². The molecule has 33 heavy (non-hydrogen) atoms. The Labute approximate surface area is 197 Å². The lowest BCUT2D eigenvalue weighted by Gasteiger charge is -2.29. The average Bonchev–Trinajstić information content (AvgIpc) is 3.33. The quantitative estimate of drug-likeness (QED) is 0.577. The Morgan fingerprint density at radius 3 is 2.67 bits per heavy atom. The maximum Gasteiger partial charge on any atom is 0.255 e. The van der Waals surface area contributed by atoms with Crippen LogP contribution in [0.1, 0.15) is 28.8 Å². The van der Waals surface area contributed by atoms with Crippen LogP contribution in [0.4, 0.5) is 5.69 Å². The molecular weight excluding hydrogens is 442 g/mol. The van der Waals surface area contributed by atoms with E-state index in [0.29, 0.717) is 18.5 Å². The van der Waals surface area contributed by atoms with Crippen molar-refractivity contribution in [1.29, 1.82) is 0 Å². The van der Waals surface area contributed by atoms with Gasteiger partial charge in [0.2, 0.25) is 11.8 Å². The number of aryl methyl sites for hydroxylation is 1. The molecule has 2 N–H and O–H groups in total. The molecule has 170 valence electrons. The Bertz CT molecular complexity index is 1270. The van der Waals surface area contributed by atoms with Crippen LogP contribution in [-0.4, -0.2) is 45.3 Å². The third-order valence-corrected chi connectivity index (χ3v) is 6.16. The van der Waals surface area contributed by atoms with Crippen LogP contribution in [0.2, 0.25) is 0 Å². The molecule has 8 nitrogen and oxygen atoms in total. The highest BCUT2D eigenvalue weighted by molar-refractivity contribution is 6.05. The third-order valence-electron chi connectivity index (χ3n) is 6.16. The van der Waals surface area contributed by atoms with Gasteiger partial charge in [-0.3, -0.25) is 19.7 Å². The van der Waals surface area contributed by atoms with Gasteiger partial charge in [-0.05, 0) is 36.2 Å². The Hall–Kier alpha value is -3.65.